The van der Waals surface area contributed by atoms with E-state index in [0.29, 0.717) is 27.6 Å². The van der Waals surface area contributed by atoms with Gasteiger partial charge >= 0.3 is 5.69 Å². The third kappa shape index (κ3) is 3.91. The van der Waals surface area contributed by atoms with Crippen molar-refractivity contribution in [3.8, 4) is 0 Å². The van der Waals surface area contributed by atoms with E-state index in [1.54, 1.807) is 31.2 Å². The van der Waals surface area contributed by atoms with Crippen molar-refractivity contribution in [1.82, 2.24) is 24.7 Å². The van der Waals surface area contributed by atoms with Crippen molar-refractivity contribution in [3.05, 3.63) is 82.9 Å². The van der Waals surface area contributed by atoms with Gasteiger partial charge in [-0.15, -0.1) is 0 Å². The van der Waals surface area contributed by atoms with Gasteiger partial charge in [0.15, 0.2) is 0 Å². The number of benzene rings is 1. The molecule has 0 spiro atoms. The zero-order valence-corrected chi connectivity index (χ0v) is 19.5. The van der Waals surface area contributed by atoms with Gasteiger partial charge in [-0.3, -0.25) is 14.4 Å². The molecular formula is C22H20ClN7O5. The van der Waals surface area contributed by atoms with Crippen LogP contribution in [0.5, 0.6) is 0 Å². The quantitative estimate of drug-likeness (QED) is 0.342. The van der Waals surface area contributed by atoms with Crippen LogP contribution >= 0.6 is 11.6 Å². The molecule has 0 atom stereocenters. The normalized spacial score (nSPS) is 13.0. The molecule has 2 aromatic carbocycles. The average molecular weight is 498 g/mol. The molecule has 3 heterocycles. The van der Waals surface area contributed by atoms with Crippen LogP contribution in [0.2, 0.25) is 5.02 Å². The maximum atomic E-state index is 13.2. The van der Waals surface area contributed by atoms with Crippen LogP contribution < -0.4 is 27.2 Å². The van der Waals surface area contributed by atoms with Gasteiger partial charge in [-0.2, -0.15) is 9.36 Å². The topological polar surface area (TPSA) is 144 Å². The fourth-order valence-electron chi connectivity index (χ4n) is 4.00. The monoisotopic (exact) mass is 497 g/mol. The Morgan fingerprint density at radius 2 is 1.80 bits per heavy atom. The molecule has 12 nitrogen and oxygen atoms in total. The number of aryl methyl sites for hydroxylation is 2. The van der Waals surface area contributed by atoms with Crippen molar-refractivity contribution in [2.75, 3.05) is 17.2 Å². The minimum atomic E-state index is -0.684. The Morgan fingerprint density at radius 3 is 2.49 bits per heavy atom. The Morgan fingerprint density at radius 1 is 1.03 bits per heavy atom. The van der Waals surface area contributed by atoms with Crippen LogP contribution in [-0.2, 0) is 26.7 Å². The first-order valence-electron chi connectivity index (χ1n) is 10.7. The van der Waals surface area contributed by atoms with E-state index >= 15 is 0 Å². The van der Waals surface area contributed by atoms with Crippen LogP contribution in [-0.4, -0.2) is 37.1 Å². The first-order chi connectivity index (χ1) is 16.7. The lowest BCUT2D eigenvalue weighted by Gasteiger charge is -2.17. The maximum Gasteiger partial charge on any atom is 0.363 e. The third-order valence-electron chi connectivity index (χ3n) is 5.87. The van der Waals surface area contributed by atoms with E-state index in [2.05, 4.69) is 21.1 Å². The Labute approximate surface area is 202 Å². The number of carbonyl (C=O) groups is 1. The summed E-state index contributed by atoms with van der Waals surface area (Å²) in [5.74, 6) is 1.03. The van der Waals surface area contributed by atoms with Crippen molar-refractivity contribution in [3.63, 3.8) is 0 Å². The molecule has 180 valence electrons. The minimum Gasteiger partial charge on any atom is -0.465 e. The summed E-state index contributed by atoms with van der Waals surface area (Å²) >= 11 is 6.36. The standard InChI is InChI=1S/C22H20ClN7O5/c1-11-3-4-12(35-11)9-24-17-18(20(32)19(17)31)25-15-6-5-14(23)13-10-29(21(33)16(13)15)7-8-30-22(34)28(2)26-27-30/h3-6,24-25H,7-10H2,1-2H3. The SMILES string of the molecule is Cc1ccc(CNc2c(Nc3ccc(Cl)c4c3C(=O)N(CCn3nnn(C)c3=O)C4)c(=O)c2=O)o1. The molecule has 1 aliphatic heterocycles. The molecule has 0 bridgehead atoms. The smallest absolute Gasteiger partial charge is 0.363 e. The van der Waals surface area contributed by atoms with Gasteiger partial charge in [-0.1, -0.05) is 11.6 Å². The van der Waals surface area contributed by atoms with Gasteiger partial charge in [0.25, 0.3) is 16.8 Å². The van der Waals surface area contributed by atoms with Gasteiger partial charge in [-0.05, 0) is 41.6 Å². The van der Waals surface area contributed by atoms with Crippen molar-refractivity contribution in [1.29, 1.82) is 0 Å². The molecule has 1 amide bonds. The summed E-state index contributed by atoms with van der Waals surface area (Å²) in [7, 11) is 1.49. The van der Waals surface area contributed by atoms with Gasteiger partial charge in [0.2, 0.25) is 0 Å². The minimum absolute atomic E-state index is 0.0696. The molecule has 0 saturated carbocycles. The Bertz CT molecular complexity index is 1590. The van der Waals surface area contributed by atoms with Gasteiger partial charge in [0, 0.05) is 30.7 Å². The summed E-state index contributed by atoms with van der Waals surface area (Å²) in [5, 5.41) is 13.7. The lowest BCUT2D eigenvalue weighted by atomic mass is 10.1. The second kappa shape index (κ2) is 8.55. The molecule has 2 N–H and O–H groups in total. The zero-order chi connectivity index (χ0) is 24.9. The van der Waals surface area contributed by atoms with Crippen LogP contribution in [0.1, 0.15) is 27.4 Å². The van der Waals surface area contributed by atoms with Crippen molar-refractivity contribution < 1.29 is 9.21 Å². The highest BCUT2D eigenvalue weighted by molar-refractivity contribution is 6.32. The van der Waals surface area contributed by atoms with Crippen LogP contribution in [0.3, 0.4) is 0 Å². The van der Waals surface area contributed by atoms with Crippen LogP contribution in [0.15, 0.2) is 43.1 Å². The van der Waals surface area contributed by atoms with E-state index in [1.807, 2.05) is 0 Å². The second-order valence-corrected chi connectivity index (χ2v) is 8.59. The van der Waals surface area contributed by atoms with Crippen molar-refractivity contribution in [2.45, 2.75) is 26.6 Å². The average Bonchev–Trinajstić information content (AvgIpc) is 3.51. The Balaban J connectivity index is 1.36. The summed E-state index contributed by atoms with van der Waals surface area (Å²) < 4.78 is 7.75. The number of nitrogens with one attached hydrogen (secondary N) is 2. The molecule has 1 aliphatic rings. The van der Waals surface area contributed by atoms with Crippen molar-refractivity contribution in [2.24, 2.45) is 7.05 Å². The lowest BCUT2D eigenvalue weighted by molar-refractivity contribution is 0.0771. The first kappa shape index (κ1) is 22.6. The molecule has 0 saturated heterocycles. The fraction of sp³-hybridized carbons (Fsp3) is 0.273. The highest BCUT2D eigenvalue weighted by atomic mass is 35.5. The largest absolute Gasteiger partial charge is 0.465 e. The summed E-state index contributed by atoms with van der Waals surface area (Å²) in [6.45, 7) is 2.62. The zero-order valence-electron chi connectivity index (χ0n) is 18.8. The molecule has 13 heteroatoms. The summed E-state index contributed by atoms with van der Waals surface area (Å²) in [6.07, 6.45) is 0. The Kier molecular flexibility index (Phi) is 5.52. The van der Waals surface area contributed by atoms with Gasteiger partial charge < -0.3 is 20.0 Å². The molecule has 0 unspecified atom stereocenters. The van der Waals surface area contributed by atoms with Gasteiger partial charge in [0.05, 0.1) is 24.3 Å². The van der Waals surface area contributed by atoms with Gasteiger partial charge in [0.1, 0.15) is 22.9 Å². The number of carbonyl (C=O) groups excluding carboxylic acids is 1. The molecule has 0 radical (unpaired) electrons. The van der Waals surface area contributed by atoms with Crippen LogP contribution in [0.4, 0.5) is 17.1 Å². The molecule has 2 aromatic heterocycles. The van der Waals surface area contributed by atoms with Gasteiger partial charge in [-0.25, -0.2) is 4.79 Å². The van der Waals surface area contributed by atoms with E-state index in [-0.39, 0.29) is 49.2 Å². The molecule has 35 heavy (non-hydrogen) atoms. The van der Waals surface area contributed by atoms with E-state index in [9.17, 15) is 19.2 Å². The van der Waals surface area contributed by atoms with E-state index in [4.69, 9.17) is 16.0 Å². The third-order valence-corrected chi connectivity index (χ3v) is 6.23. The number of rotatable bonds is 8. The maximum absolute atomic E-state index is 13.2. The number of nitrogens with zero attached hydrogens (tertiary/aromatic N) is 5. The molecule has 0 aliphatic carbocycles. The molecule has 4 aromatic rings. The predicted octanol–water partition coefficient (Wildman–Crippen LogP) is 1.14. The number of aromatic nitrogens is 4. The number of amides is 1. The van der Waals surface area contributed by atoms with E-state index in [1.165, 1.54) is 16.6 Å². The molecule has 5 rings (SSSR count). The first-order valence-corrected chi connectivity index (χ1v) is 11.1. The van der Waals surface area contributed by atoms with Crippen LogP contribution in [0, 0.1) is 6.92 Å². The number of furan rings is 1. The number of fused-ring (bicyclic) bond motifs is 1. The molecular weight excluding hydrogens is 478 g/mol. The summed E-state index contributed by atoms with van der Waals surface area (Å²) in [4.78, 5) is 51.2. The lowest BCUT2D eigenvalue weighted by Crippen LogP contribution is -2.36. The summed E-state index contributed by atoms with van der Waals surface area (Å²) in [6, 6.07) is 6.78. The van der Waals surface area contributed by atoms with Crippen molar-refractivity contribution >= 4 is 34.6 Å². The second-order valence-electron chi connectivity index (χ2n) is 8.18. The number of hydrogen-bond donors (Lipinski definition) is 2. The fourth-order valence-corrected chi connectivity index (χ4v) is 4.22. The number of tetrazole rings is 1. The van der Waals surface area contributed by atoms with E-state index in [0.717, 1.165) is 10.4 Å². The summed E-state index contributed by atoms with van der Waals surface area (Å²) in [5.41, 5.74) is -0.272. The highest BCUT2D eigenvalue weighted by Crippen LogP contribution is 2.36. The Hall–Kier alpha value is -4.19. The van der Waals surface area contributed by atoms with Crippen LogP contribution in [0.25, 0.3) is 0 Å². The number of halogens is 1. The number of hydrogen-bond acceptors (Lipinski definition) is 9. The highest BCUT2D eigenvalue weighted by Gasteiger charge is 2.33. The number of anilines is 3. The predicted molar refractivity (Wildman–Crippen MR) is 127 cm³/mol. The van der Waals surface area contributed by atoms with E-state index < -0.39 is 10.9 Å². The molecule has 0 fully saturated rings.